The molecule has 3 rings (SSSR count). The molecule has 21 heavy (non-hydrogen) atoms. The van der Waals surface area contributed by atoms with Gasteiger partial charge >= 0.3 is 0 Å². The van der Waals surface area contributed by atoms with Crippen molar-refractivity contribution in [1.29, 1.82) is 0 Å². The molecule has 1 N–H and O–H groups in total. The Morgan fingerprint density at radius 2 is 2.05 bits per heavy atom. The van der Waals surface area contributed by atoms with Crippen LogP contribution >= 0.6 is 0 Å². The van der Waals surface area contributed by atoms with Crippen LogP contribution in [0.2, 0.25) is 0 Å². The highest BCUT2D eigenvalue weighted by atomic mass is 16.5. The van der Waals surface area contributed by atoms with Crippen LogP contribution in [0.15, 0.2) is 47.6 Å². The van der Waals surface area contributed by atoms with Crippen LogP contribution in [0.25, 0.3) is 10.8 Å². The summed E-state index contributed by atoms with van der Waals surface area (Å²) in [6.07, 6.45) is 1.35. The zero-order chi connectivity index (χ0) is 14.7. The van der Waals surface area contributed by atoms with Crippen LogP contribution < -0.4 is 5.43 Å². The van der Waals surface area contributed by atoms with E-state index < -0.39 is 0 Å². The maximum Gasteiger partial charge on any atom is 0.269 e. The second-order valence-corrected chi connectivity index (χ2v) is 5.20. The van der Waals surface area contributed by atoms with E-state index in [9.17, 15) is 4.79 Å². The molecule has 1 aliphatic heterocycles. The van der Waals surface area contributed by atoms with Crippen LogP contribution in [-0.4, -0.2) is 24.3 Å². The Morgan fingerprint density at radius 1 is 1.24 bits per heavy atom. The molecule has 2 aromatic carbocycles. The zero-order valence-electron chi connectivity index (χ0n) is 12.0. The molecule has 0 aromatic heterocycles. The first-order valence-electron chi connectivity index (χ1n) is 7.19. The van der Waals surface area contributed by atoms with E-state index >= 15 is 0 Å². The maximum absolute atomic E-state index is 11.9. The third kappa shape index (κ3) is 2.95. The normalized spacial score (nSPS) is 18.9. The third-order valence-corrected chi connectivity index (χ3v) is 3.74. The van der Waals surface area contributed by atoms with Crippen molar-refractivity contribution in [3.8, 4) is 0 Å². The molecule has 1 saturated heterocycles. The molecule has 0 unspecified atom stereocenters. The minimum atomic E-state index is -0.353. The van der Waals surface area contributed by atoms with Gasteiger partial charge in [-0.25, -0.2) is 5.43 Å². The SMILES string of the molecule is C/C(=N/NC(=O)[C@H]1CCCO1)c1cccc2ccccc12. The summed E-state index contributed by atoms with van der Waals surface area (Å²) in [6.45, 7) is 2.56. The van der Waals surface area contributed by atoms with Crippen LogP contribution in [0.4, 0.5) is 0 Å². The molecule has 1 fully saturated rings. The van der Waals surface area contributed by atoms with Crippen LogP contribution in [0.1, 0.15) is 25.3 Å². The predicted octanol–water partition coefficient (Wildman–Crippen LogP) is 2.86. The molecule has 108 valence electrons. The fourth-order valence-electron chi connectivity index (χ4n) is 2.60. The molecule has 0 radical (unpaired) electrons. The molecule has 1 heterocycles. The smallest absolute Gasteiger partial charge is 0.269 e. The number of nitrogens with zero attached hydrogens (tertiary/aromatic N) is 1. The highest BCUT2D eigenvalue weighted by Crippen LogP contribution is 2.19. The van der Waals surface area contributed by atoms with E-state index in [1.54, 1.807) is 0 Å². The van der Waals surface area contributed by atoms with Gasteiger partial charge in [-0.15, -0.1) is 0 Å². The van der Waals surface area contributed by atoms with Crippen molar-refractivity contribution in [2.75, 3.05) is 6.61 Å². The fraction of sp³-hybridized carbons (Fsp3) is 0.294. The Kier molecular flexibility index (Phi) is 3.97. The highest BCUT2D eigenvalue weighted by molar-refractivity contribution is 6.09. The van der Waals surface area contributed by atoms with Gasteiger partial charge in [0, 0.05) is 12.2 Å². The van der Waals surface area contributed by atoms with Gasteiger partial charge in [-0.2, -0.15) is 5.10 Å². The second kappa shape index (κ2) is 6.06. The van der Waals surface area contributed by atoms with E-state index in [0.29, 0.717) is 6.61 Å². The predicted molar refractivity (Wildman–Crippen MR) is 83.3 cm³/mol. The summed E-state index contributed by atoms with van der Waals surface area (Å²) in [5.41, 5.74) is 4.43. The van der Waals surface area contributed by atoms with Gasteiger partial charge in [-0.3, -0.25) is 4.79 Å². The van der Waals surface area contributed by atoms with Crippen LogP contribution in [0, 0.1) is 0 Å². The van der Waals surface area contributed by atoms with Gasteiger partial charge in [0.15, 0.2) is 0 Å². The summed E-state index contributed by atoms with van der Waals surface area (Å²) in [5, 5.41) is 6.52. The average molecular weight is 282 g/mol. The number of hydrazone groups is 1. The number of carbonyl (C=O) groups excluding carboxylic acids is 1. The molecule has 0 bridgehead atoms. The van der Waals surface area contributed by atoms with Crippen LogP contribution in [0.5, 0.6) is 0 Å². The summed E-state index contributed by atoms with van der Waals surface area (Å²) >= 11 is 0. The summed E-state index contributed by atoms with van der Waals surface area (Å²) < 4.78 is 5.34. The maximum atomic E-state index is 11.9. The zero-order valence-corrected chi connectivity index (χ0v) is 12.0. The number of nitrogens with one attached hydrogen (secondary N) is 1. The van der Waals surface area contributed by atoms with Crippen molar-refractivity contribution < 1.29 is 9.53 Å². The van der Waals surface area contributed by atoms with Gasteiger partial charge in [0.05, 0.1) is 5.71 Å². The van der Waals surface area contributed by atoms with E-state index in [1.165, 1.54) is 0 Å². The lowest BCUT2D eigenvalue weighted by molar-refractivity contribution is -0.130. The molecule has 1 amide bonds. The lowest BCUT2D eigenvalue weighted by atomic mass is 10.0. The summed E-state index contributed by atoms with van der Waals surface area (Å²) in [7, 11) is 0. The standard InChI is InChI=1S/C17H18N2O2/c1-12(18-19-17(20)16-10-5-11-21-16)14-9-4-7-13-6-2-3-8-15(13)14/h2-4,6-9,16H,5,10-11H2,1H3,(H,19,20)/b18-12-/t16-/m1/s1. The number of carbonyl (C=O) groups is 1. The largest absolute Gasteiger partial charge is 0.368 e. The van der Waals surface area contributed by atoms with Crippen LogP contribution in [-0.2, 0) is 9.53 Å². The van der Waals surface area contributed by atoms with Gasteiger partial charge in [-0.05, 0) is 30.5 Å². The first-order valence-corrected chi connectivity index (χ1v) is 7.19. The van der Waals surface area contributed by atoms with Crippen molar-refractivity contribution in [2.24, 2.45) is 5.10 Å². The van der Waals surface area contributed by atoms with E-state index in [1.807, 2.05) is 31.2 Å². The molecule has 4 heteroatoms. The van der Waals surface area contributed by atoms with Crippen molar-refractivity contribution >= 4 is 22.4 Å². The van der Waals surface area contributed by atoms with E-state index in [0.717, 1.165) is 34.9 Å². The number of rotatable bonds is 3. The van der Waals surface area contributed by atoms with Crippen molar-refractivity contribution in [3.05, 3.63) is 48.0 Å². The van der Waals surface area contributed by atoms with Crippen molar-refractivity contribution in [2.45, 2.75) is 25.9 Å². The van der Waals surface area contributed by atoms with Crippen LogP contribution in [0.3, 0.4) is 0 Å². The molecule has 1 aliphatic rings. The fourth-order valence-corrected chi connectivity index (χ4v) is 2.60. The molecule has 0 spiro atoms. The van der Waals surface area contributed by atoms with Gasteiger partial charge in [0.25, 0.3) is 5.91 Å². The number of fused-ring (bicyclic) bond motifs is 1. The minimum Gasteiger partial charge on any atom is -0.368 e. The molecule has 0 saturated carbocycles. The van der Waals surface area contributed by atoms with Gasteiger partial charge < -0.3 is 4.74 Å². The monoisotopic (exact) mass is 282 g/mol. The van der Waals surface area contributed by atoms with Gasteiger partial charge in [-0.1, -0.05) is 42.5 Å². The highest BCUT2D eigenvalue weighted by Gasteiger charge is 2.23. The summed E-state index contributed by atoms with van der Waals surface area (Å²) in [4.78, 5) is 11.9. The summed E-state index contributed by atoms with van der Waals surface area (Å²) in [6, 6.07) is 14.2. The second-order valence-electron chi connectivity index (χ2n) is 5.20. The first kappa shape index (κ1) is 13.8. The molecular formula is C17H18N2O2. The summed E-state index contributed by atoms with van der Waals surface area (Å²) in [5.74, 6) is -0.160. The van der Waals surface area contributed by atoms with Gasteiger partial charge in [0.1, 0.15) is 6.10 Å². The first-order chi connectivity index (χ1) is 10.3. The van der Waals surface area contributed by atoms with Crippen molar-refractivity contribution in [3.63, 3.8) is 0 Å². The Bertz CT molecular complexity index is 683. The molecular weight excluding hydrogens is 264 g/mol. The number of amides is 1. The molecule has 4 nitrogen and oxygen atoms in total. The lowest BCUT2D eigenvalue weighted by Crippen LogP contribution is -2.31. The Hall–Kier alpha value is -2.20. The van der Waals surface area contributed by atoms with E-state index in [-0.39, 0.29) is 12.0 Å². The third-order valence-electron chi connectivity index (χ3n) is 3.74. The van der Waals surface area contributed by atoms with E-state index in [2.05, 4.69) is 28.7 Å². The number of ether oxygens (including phenoxy) is 1. The molecule has 2 aromatic rings. The number of hydrogen-bond acceptors (Lipinski definition) is 3. The van der Waals surface area contributed by atoms with Crippen molar-refractivity contribution in [1.82, 2.24) is 5.43 Å². The molecule has 1 atom stereocenters. The Morgan fingerprint density at radius 3 is 2.86 bits per heavy atom. The Labute approximate surface area is 123 Å². The Balaban J connectivity index is 1.81. The van der Waals surface area contributed by atoms with E-state index in [4.69, 9.17) is 4.74 Å². The average Bonchev–Trinajstić information content (AvgIpc) is 3.06. The topological polar surface area (TPSA) is 50.7 Å². The minimum absolute atomic E-state index is 0.160. The number of hydrogen-bond donors (Lipinski definition) is 1. The lowest BCUT2D eigenvalue weighted by Gasteiger charge is -2.09. The quantitative estimate of drug-likeness (QED) is 0.695. The molecule has 0 aliphatic carbocycles. The van der Waals surface area contributed by atoms with Gasteiger partial charge in [0.2, 0.25) is 0 Å². The number of benzene rings is 2.